The predicted molar refractivity (Wildman–Crippen MR) is 157 cm³/mol. The number of anilines is 1. The molecule has 0 atom stereocenters. The quantitative estimate of drug-likeness (QED) is 0.328. The summed E-state index contributed by atoms with van der Waals surface area (Å²) in [6.07, 6.45) is 4.26. The van der Waals surface area contributed by atoms with E-state index >= 15 is 0 Å². The van der Waals surface area contributed by atoms with Crippen molar-refractivity contribution in [1.29, 1.82) is 0 Å². The van der Waals surface area contributed by atoms with Crippen molar-refractivity contribution in [2.75, 3.05) is 37.7 Å². The van der Waals surface area contributed by atoms with Crippen LogP contribution in [-0.4, -0.2) is 53.6 Å². The van der Waals surface area contributed by atoms with E-state index in [2.05, 4.69) is 89.4 Å². The van der Waals surface area contributed by atoms with Crippen molar-refractivity contribution < 1.29 is 9.53 Å². The summed E-state index contributed by atoms with van der Waals surface area (Å²) < 4.78 is 6.15. The van der Waals surface area contributed by atoms with Gasteiger partial charge in [0.05, 0.1) is 17.6 Å². The lowest BCUT2D eigenvalue weighted by molar-refractivity contribution is -0.130. The summed E-state index contributed by atoms with van der Waals surface area (Å²) in [4.78, 5) is 25.5. The zero-order valence-electron chi connectivity index (χ0n) is 23.1. The van der Waals surface area contributed by atoms with Crippen LogP contribution in [0, 0.1) is 20.8 Å². The number of imidazole rings is 1. The molecule has 2 aliphatic rings. The van der Waals surface area contributed by atoms with E-state index in [1.165, 1.54) is 22.4 Å². The Morgan fingerprint density at radius 1 is 0.974 bits per heavy atom. The van der Waals surface area contributed by atoms with Crippen molar-refractivity contribution in [3.05, 3.63) is 88.8 Å². The highest BCUT2D eigenvalue weighted by Gasteiger charge is 2.23. The van der Waals surface area contributed by atoms with Crippen LogP contribution in [0.15, 0.2) is 66.2 Å². The largest absolute Gasteiger partial charge is 0.493 e. The molecule has 1 fully saturated rings. The molecule has 4 aromatic rings. The molecule has 3 aromatic carbocycles. The number of aryl methyl sites for hydroxylation is 2. The summed E-state index contributed by atoms with van der Waals surface area (Å²) >= 11 is 0. The topological polar surface area (TPSA) is 61.5 Å². The number of nitrogens with zero attached hydrogens (tertiary/aromatic N) is 3. The number of fused-ring (bicyclic) bond motifs is 2. The number of carbonyl (C=O) groups excluding carboxylic acids is 1. The number of aromatic nitrogens is 2. The molecule has 39 heavy (non-hydrogen) atoms. The standard InChI is InChI=1S/C33H36N4O2/c1-22-5-4-6-31(23(22)2)36-14-16-37(17-15-36)33(38)19-25-7-8-28-20-26(10-12-32(28)39-18-13-25)27-9-11-29-30(21-27)35-24(3)34-29/h4-7,9-12,20-21H,8,13-19H2,1-3H3,(H,34,35)/b25-7+. The third-order valence-electron chi connectivity index (χ3n) is 8.21. The van der Waals surface area contributed by atoms with Gasteiger partial charge in [-0.15, -0.1) is 0 Å². The molecule has 200 valence electrons. The first-order valence-electron chi connectivity index (χ1n) is 13.9. The number of hydrogen-bond acceptors (Lipinski definition) is 4. The van der Waals surface area contributed by atoms with Gasteiger partial charge in [-0.05, 0) is 85.3 Å². The SMILES string of the molecule is Cc1nc2ccc(-c3ccc4c(c3)C/C=C(/CC(=O)N3CCN(c5cccc(C)c5C)CC3)CCO4)cc2[nH]1. The van der Waals surface area contributed by atoms with E-state index in [0.717, 1.165) is 78.3 Å². The Morgan fingerprint density at radius 2 is 1.77 bits per heavy atom. The molecule has 0 bridgehead atoms. The number of H-pyrrole nitrogens is 1. The maximum absolute atomic E-state index is 13.2. The van der Waals surface area contributed by atoms with Crippen LogP contribution in [0.4, 0.5) is 5.69 Å². The molecule has 1 aromatic heterocycles. The van der Waals surface area contributed by atoms with E-state index in [1.54, 1.807) is 0 Å². The second kappa shape index (κ2) is 10.6. The van der Waals surface area contributed by atoms with Crippen LogP contribution in [0.5, 0.6) is 5.75 Å². The van der Waals surface area contributed by atoms with Gasteiger partial charge in [0.15, 0.2) is 0 Å². The molecule has 0 spiro atoms. The molecule has 6 nitrogen and oxygen atoms in total. The number of amides is 1. The third-order valence-corrected chi connectivity index (χ3v) is 8.21. The van der Waals surface area contributed by atoms with Gasteiger partial charge in [0.1, 0.15) is 11.6 Å². The molecule has 6 heteroatoms. The number of ether oxygens (including phenoxy) is 1. The summed E-state index contributed by atoms with van der Waals surface area (Å²) in [7, 11) is 0. The van der Waals surface area contributed by atoms with Gasteiger partial charge < -0.3 is 19.5 Å². The molecule has 0 saturated carbocycles. The fourth-order valence-corrected chi connectivity index (χ4v) is 5.77. The highest BCUT2D eigenvalue weighted by Crippen LogP contribution is 2.31. The van der Waals surface area contributed by atoms with E-state index in [-0.39, 0.29) is 5.91 Å². The van der Waals surface area contributed by atoms with Gasteiger partial charge in [0.25, 0.3) is 0 Å². The number of rotatable bonds is 4. The summed E-state index contributed by atoms with van der Waals surface area (Å²) in [6, 6.07) is 19.2. The maximum Gasteiger partial charge on any atom is 0.226 e. The predicted octanol–water partition coefficient (Wildman–Crippen LogP) is 6.15. The van der Waals surface area contributed by atoms with Crippen LogP contribution < -0.4 is 9.64 Å². The van der Waals surface area contributed by atoms with Crippen LogP contribution in [-0.2, 0) is 11.2 Å². The van der Waals surface area contributed by atoms with E-state index in [0.29, 0.717) is 13.0 Å². The molecular weight excluding hydrogens is 484 g/mol. The molecule has 1 N–H and O–H groups in total. The van der Waals surface area contributed by atoms with Crippen LogP contribution in [0.2, 0.25) is 0 Å². The average Bonchev–Trinajstić information content (AvgIpc) is 3.31. The molecule has 1 saturated heterocycles. The van der Waals surface area contributed by atoms with E-state index in [1.807, 2.05) is 11.8 Å². The van der Waals surface area contributed by atoms with Crippen molar-refractivity contribution in [1.82, 2.24) is 14.9 Å². The number of carbonyl (C=O) groups is 1. The van der Waals surface area contributed by atoms with Crippen LogP contribution in [0.3, 0.4) is 0 Å². The van der Waals surface area contributed by atoms with Crippen molar-refractivity contribution in [3.63, 3.8) is 0 Å². The van der Waals surface area contributed by atoms with Crippen molar-refractivity contribution in [2.24, 2.45) is 0 Å². The molecule has 3 heterocycles. The molecule has 0 aliphatic carbocycles. The Balaban J connectivity index is 1.12. The summed E-state index contributed by atoms with van der Waals surface area (Å²) in [6.45, 7) is 10.2. The smallest absolute Gasteiger partial charge is 0.226 e. The Morgan fingerprint density at radius 3 is 2.62 bits per heavy atom. The zero-order valence-corrected chi connectivity index (χ0v) is 23.1. The second-order valence-electron chi connectivity index (χ2n) is 10.8. The molecule has 0 unspecified atom stereocenters. The highest BCUT2D eigenvalue weighted by molar-refractivity contribution is 5.82. The lowest BCUT2D eigenvalue weighted by Gasteiger charge is -2.37. The summed E-state index contributed by atoms with van der Waals surface area (Å²) in [5.41, 5.74) is 10.6. The maximum atomic E-state index is 13.2. The summed E-state index contributed by atoms with van der Waals surface area (Å²) in [5.74, 6) is 2.07. The zero-order chi connectivity index (χ0) is 26.9. The first-order chi connectivity index (χ1) is 18.9. The highest BCUT2D eigenvalue weighted by atomic mass is 16.5. The lowest BCUT2D eigenvalue weighted by atomic mass is 9.97. The van der Waals surface area contributed by atoms with Crippen LogP contribution >= 0.6 is 0 Å². The molecule has 0 radical (unpaired) electrons. The third kappa shape index (κ3) is 5.29. The van der Waals surface area contributed by atoms with Crippen molar-refractivity contribution in [2.45, 2.75) is 40.0 Å². The average molecular weight is 521 g/mol. The molecule has 6 rings (SSSR count). The Labute approximate surface area is 230 Å². The number of piperazine rings is 1. The van der Waals surface area contributed by atoms with Crippen molar-refractivity contribution in [3.8, 4) is 16.9 Å². The Kier molecular flexibility index (Phi) is 6.86. The molecule has 1 amide bonds. The molecular formula is C33H36N4O2. The number of benzene rings is 3. The van der Waals surface area contributed by atoms with Crippen LogP contribution in [0.1, 0.15) is 35.4 Å². The van der Waals surface area contributed by atoms with Gasteiger partial charge in [-0.2, -0.15) is 0 Å². The monoisotopic (exact) mass is 520 g/mol. The minimum absolute atomic E-state index is 0.222. The van der Waals surface area contributed by atoms with Gasteiger partial charge in [0.2, 0.25) is 5.91 Å². The first kappa shape index (κ1) is 25.2. The van der Waals surface area contributed by atoms with Gasteiger partial charge in [-0.3, -0.25) is 4.79 Å². The van der Waals surface area contributed by atoms with Crippen LogP contribution in [0.25, 0.3) is 22.2 Å². The van der Waals surface area contributed by atoms with Crippen molar-refractivity contribution >= 4 is 22.6 Å². The minimum atomic E-state index is 0.222. The minimum Gasteiger partial charge on any atom is -0.493 e. The number of hydrogen-bond donors (Lipinski definition) is 1. The fraction of sp³-hybridized carbons (Fsp3) is 0.333. The van der Waals surface area contributed by atoms with Gasteiger partial charge in [0, 0.05) is 44.7 Å². The lowest BCUT2D eigenvalue weighted by Crippen LogP contribution is -2.49. The normalized spacial score (nSPS) is 17.2. The fourth-order valence-electron chi connectivity index (χ4n) is 5.77. The number of aromatic amines is 1. The van der Waals surface area contributed by atoms with E-state index in [4.69, 9.17) is 4.74 Å². The van der Waals surface area contributed by atoms with Gasteiger partial charge in [-0.1, -0.05) is 35.9 Å². The number of nitrogens with one attached hydrogen (secondary N) is 1. The number of allylic oxidation sites excluding steroid dienone is 1. The Bertz CT molecular complexity index is 1560. The Hall–Kier alpha value is -4.06. The summed E-state index contributed by atoms with van der Waals surface area (Å²) in [5, 5.41) is 0. The van der Waals surface area contributed by atoms with E-state index in [9.17, 15) is 4.79 Å². The van der Waals surface area contributed by atoms with Gasteiger partial charge in [-0.25, -0.2) is 4.98 Å². The second-order valence-corrected chi connectivity index (χ2v) is 10.8. The van der Waals surface area contributed by atoms with E-state index < -0.39 is 0 Å². The first-order valence-corrected chi connectivity index (χ1v) is 13.9. The van der Waals surface area contributed by atoms with Gasteiger partial charge >= 0.3 is 0 Å². The molecule has 2 aliphatic heterocycles.